The molecule has 0 bridgehead atoms. The molecule has 1 saturated heterocycles. The molecule has 1 aliphatic rings. The fourth-order valence-electron chi connectivity index (χ4n) is 5.11. The summed E-state index contributed by atoms with van der Waals surface area (Å²) in [4.78, 5) is 34.8. The van der Waals surface area contributed by atoms with Crippen LogP contribution in [0.3, 0.4) is 0 Å². The lowest BCUT2D eigenvalue weighted by Gasteiger charge is -2.26. The van der Waals surface area contributed by atoms with Gasteiger partial charge in [-0.1, -0.05) is 54.1 Å². The SMILES string of the molecule is Cc1ccccc1CCc1nc(N2CCCC2c2ccc(Cl)cc2)ncc1C(=O)NS(=O)(=O)c1cccc([N+](=O)[O-])c1. The third-order valence-electron chi connectivity index (χ3n) is 7.32. The molecule has 5 rings (SSSR count). The summed E-state index contributed by atoms with van der Waals surface area (Å²) in [6.07, 6.45) is 4.11. The standard InChI is InChI=1S/C30H28ClN5O5S/c1-20-6-2-3-7-21(20)13-16-27-26(29(37)34-42(40,41)25-9-4-8-24(18-25)36(38)39)19-32-30(33-27)35-17-5-10-28(35)22-11-14-23(31)15-12-22/h2-4,6-9,11-12,14-15,18-19,28H,5,10,13,16-17H2,1H3,(H,34,37). The largest absolute Gasteiger partial charge is 0.334 e. The summed E-state index contributed by atoms with van der Waals surface area (Å²) in [5.74, 6) is -0.464. The predicted molar refractivity (Wildman–Crippen MR) is 159 cm³/mol. The van der Waals surface area contributed by atoms with Gasteiger partial charge in [0.1, 0.15) is 0 Å². The van der Waals surface area contributed by atoms with Crippen molar-refractivity contribution in [3.63, 3.8) is 0 Å². The van der Waals surface area contributed by atoms with Crippen LogP contribution in [0.1, 0.15) is 51.6 Å². The Balaban J connectivity index is 1.47. The molecule has 2 heterocycles. The van der Waals surface area contributed by atoms with Crippen LogP contribution >= 0.6 is 11.6 Å². The van der Waals surface area contributed by atoms with E-state index in [9.17, 15) is 23.3 Å². The van der Waals surface area contributed by atoms with E-state index < -0.39 is 31.4 Å². The number of nitro benzene ring substituents is 1. The first kappa shape index (κ1) is 29.2. The van der Waals surface area contributed by atoms with Gasteiger partial charge >= 0.3 is 0 Å². The van der Waals surface area contributed by atoms with Crippen molar-refractivity contribution in [2.45, 2.75) is 43.5 Å². The molecule has 0 saturated carbocycles. The Morgan fingerprint density at radius 2 is 1.86 bits per heavy atom. The summed E-state index contributed by atoms with van der Waals surface area (Å²) in [7, 11) is -4.41. The average Bonchev–Trinajstić information content (AvgIpc) is 3.47. The molecule has 1 amide bonds. The maximum Gasteiger partial charge on any atom is 0.270 e. The zero-order valence-corrected chi connectivity index (χ0v) is 24.3. The van der Waals surface area contributed by atoms with Crippen molar-refractivity contribution in [2.75, 3.05) is 11.4 Å². The van der Waals surface area contributed by atoms with E-state index in [1.54, 1.807) is 0 Å². The molecular weight excluding hydrogens is 578 g/mol. The molecule has 1 atom stereocenters. The van der Waals surface area contributed by atoms with Gasteiger partial charge in [0.25, 0.3) is 21.6 Å². The number of nitrogens with zero attached hydrogens (tertiary/aromatic N) is 4. The van der Waals surface area contributed by atoms with Crippen molar-refractivity contribution in [3.8, 4) is 0 Å². The van der Waals surface area contributed by atoms with Gasteiger partial charge in [-0.2, -0.15) is 0 Å². The number of anilines is 1. The van der Waals surface area contributed by atoms with Crippen LogP contribution in [0.15, 0.2) is 83.9 Å². The minimum absolute atomic E-state index is 0.0172. The maximum absolute atomic E-state index is 13.4. The van der Waals surface area contributed by atoms with Crippen molar-refractivity contribution < 1.29 is 18.1 Å². The number of halogens is 1. The number of non-ortho nitro benzene ring substituents is 1. The van der Waals surface area contributed by atoms with Crippen molar-refractivity contribution in [2.24, 2.45) is 0 Å². The number of amides is 1. The van der Waals surface area contributed by atoms with Crippen LogP contribution in [0.2, 0.25) is 5.02 Å². The summed E-state index contributed by atoms with van der Waals surface area (Å²) in [5, 5.41) is 11.8. The van der Waals surface area contributed by atoms with Crippen LogP contribution in [0.25, 0.3) is 0 Å². The molecule has 1 N–H and O–H groups in total. The average molecular weight is 606 g/mol. The van der Waals surface area contributed by atoms with Crippen LogP contribution in [-0.2, 0) is 22.9 Å². The number of nitrogens with one attached hydrogen (secondary N) is 1. The maximum atomic E-state index is 13.4. The molecular formula is C30H28ClN5O5S. The fraction of sp³-hybridized carbons (Fsp3) is 0.233. The van der Waals surface area contributed by atoms with E-state index in [0.717, 1.165) is 42.1 Å². The molecule has 1 unspecified atom stereocenters. The van der Waals surface area contributed by atoms with E-state index in [-0.39, 0.29) is 11.6 Å². The van der Waals surface area contributed by atoms with Crippen LogP contribution in [-0.4, -0.2) is 35.8 Å². The van der Waals surface area contributed by atoms with Gasteiger partial charge in [0.05, 0.1) is 27.1 Å². The highest BCUT2D eigenvalue weighted by Gasteiger charge is 2.30. The Kier molecular flexibility index (Phi) is 8.51. The Morgan fingerprint density at radius 1 is 1.10 bits per heavy atom. The number of benzene rings is 3. The minimum Gasteiger partial charge on any atom is -0.334 e. The molecule has 12 heteroatoms. The normalized spacial score (nSPS) is 15.0. The van der Waals surface area contributed by atoms with Gasteiger partial charge < -0.3 is 4.90 Å². The van der Waals surface area contributed by atoms with E-state index in [4.69, 9.17) is 16.6 Å². The van der Waals surface area contributed by atoms with E-state index in [2.05, 4.69) is 9.88 Å². The first-order valence-electron chi connectivity index (χ1n) is 13.4. The Hall–Kier alpha value is -4.35. The number of aromatic nitrogens is 2. The van der Waals surface area contributed by atoms with Crippen molar-refractivity contribution in [3.05, 3.63) is 122 Å². The summed E-state index contributed by atoms with van der Waals surface area (Å²) in [6.45, 7) is 2.72. The van der Waals surface area contributed by atoms with Gasteiger partial charge in [-0.25, -0.2) is 23.1 Å². The summed E-state index contributed by atoms with van der Waals surface area (Å²) >= 11 is 6.09. The molecule has 42 heavy (non-hydrogen) atoms. The number of carbonyl (C=O) groups is 1. The van der Waals surface area contributed by atoms with E-state index in [1.165, 1.54) is 24.4 Å². The third-order valence-corrected chi connectivity index (χ3v) is 8.90. The molecule has 0 spiro atoms. The Bertz CT molecular complexity index is 1750. The zero-order valence-electron chi connectivity index (χ0n) is 22.7. The van der Waals surface area contributed by atoms with Crippen LogP contribution < -0.4 is 9.62 Å². The summed E-state index contributed by atoms with van der Waals surface area (Å²) < 4.78 is 28.1. The van der Waals surface area contributed by atoms with Gasteiger partial charge in [-0.05, 0) is 67.5 Å². The number of hydrogen-bond acceptors (Lipinski definition) is 8. The molecule has 3 aromatic carbocycles. The Labute approximate surface area is 248 Å². The smallest absolute Gasteiger partial charge is 0.270 e. The van der Waals surface area contributed by atoms with Gasteiger partial charge in [0.15, 0.2) is 0 Å². The number of hydrogen-bond donors (Lipinski definition) is 1. The van der Waals surface area contributed by atoms with Gasteiger partial charge in [0.2, 0.25) is 5.95 Å². The van der Waals surface area contributed by atoms with E-state index >= 15 is 0 Å². The van der Waals surface area contributed by atoms with Crippen molar-refractivity contribution >= 4 is 39.2 Å². The highest BCUT2D eigenvalue weighted by molar-refractivity contribution is 7.90. The van der Waals surface area contributed by atoms with Gasteiger partial charge in [0, 0.05) is 29.9 Å². The molecule has 4 aromatic rings. The van der Waals surface area contributed by atoms with Gasteiger partial charge in [-0.3, -0.25) is 14.9 Å². The van der Waals surface area contributed by atoms with Crippen LogP contribution in [0.4, 0.5) is 11.6 Å². The lowest BCUT2D eigenvalue weighted by Crippen LogP contribution is -2.32. The first-order valence-corrected chi connectivity index (χ1v) is 15.2. The van der Waals surface area contributed by atoms with E-state index in [1.807, 2.05) is 60.2 Å². The molecule has 1 aliphatic heterocycles. The highest BCUT2D eigenvalue weighted by atomic mass is 35.5. The molecule has 1 fully saturated rings. The first-order chi connectivity index (χ1) is 20.1. The second-order valence-electron chi connectivity index (χ2n) is 10.0. The molecule has 0 radical (unpaired) electrons. The van der Waals surface area contributed by atoms with E-state index in [0.29, 0.717) is 29.5 Å². The number of aryl methyl sites for hydroxylation is 3. The van der Waals surface area contributed by atoms with Gasteiger partial charge in [-0.15, -0.1) is 0 Å². The topological polar surface area (TPSA) is 135 Å². The molecule has 1 aromatic heterocycles. The quantitative estimate of drug-likeness (QED) is 0.193. The predicted octanol–water partition coefficient (Wildman–Crippen LogP) is 5.59. The van der Waals surface area contributed by atoms with Crippen LogP contribution in [0, 0.1) is 17.0 Å². The highest BCUT2D eigenvalue weighted by Crippen LogP contribution is 2.35. The summed E-state index contributed by atoms with van der Waals surface area (Å²) in [5.41, 5.74) is 3.26. The third kappa shape index (κ3) is 6.42. The molecule has 10 nitrogen and oxygen atoms in total. The second kappa shape index (κ2) is 12.3. The second-order valence-corrected chi connectivity index (χ2v) is 12.2. The number of sulfonamides is 1. The fourth-order valence-corrected chi connectivity index (χ4v) is 6.24. The van der Waals surface area contributed by atoms with Crippen LogP contribution in [0.5, 0.6) is 0 Å². The molecule has 0 aliphatic carbocycles. The molecule has 216 valence electrons. The number of rotatable bonds is 9. The lowest BCUT2D eigenvalue weighted by molar-refractivity contribution is -0.385. The van der Waals surface area contributed by atoms with Crippen molar-refractivity contribution in [1.29, 1.82) is 0 Å². The lowest BCUT2D eigenvalue weighted by atomic mass is 10.0. The zero-order chi connectivity index (χ0) is 29.9. The summed E-state index contributed by atoms with van der Waals surface area (Å²) in [6, 6.07) is 20.1. The Morgan fingerprint density at radius 3 is 2.60 bits per heavy atom. The monoisotopic (exact) mass is 605 g/mol. The number of nitro groups is 1. The number of carbonyl (C=O) groups excluding carboxylic acids is 1. The van der Waals surface area contributed by atoms with Crippen molar-refractivity contribution in [1.82, 2.24) is 14.7 Å². The minimum atomic E-state index is -4.41.